The first kappa shape index (κ1) is 16.0. The molecule has 0 spiro atoms. The summed E-state index contributed by atoms with van der Waals surface area (Å²) in [7, 11) is 0. The van der Waals surface area contributed by atoms with E-state index in [2.05, 4.69) is 10.2 Å². The minimum absolute atomic E-state index is 0.0738. The van der Waals surface area contributed by atoms with Crippen molar-refractivity contribution in [2.45, 2.75) is 31.7 Å². The van der Waals surface area contributed by atoms with Crippen LogP contribution in [0.5, 0.6) is 0 Å². The number of amides is 2. The summed E-state index contributed by atoms with van der Waals surface area (Å²) in [5.41, 5.74) is 1.03. The number of nitrogens with zero attached hydrogens (tertiary/aromatic N) is 2. The van der Waals surface area contributed by atoms with Crippen LogP contribution in [-0.2, 0) is 9.59 Å². The van der Waals surface area contributed by atoms with Crippen molar-refractivity contribution in [3.8, 4) is 0 Å². The van der Waals surface area contributed by atoms with E-state index >= 15 is 0 Å². The van der Waals surface area contributed by atoms with Gasteiger partial charge in [-0.3, -0.25) is 14.5 Å². The van der Waals surface area contributed by atoms with E-state index in [1.165, 1.54) is 6.42 Å². The highest BCUT2D eigenvalue weighted by molar-refractivity contribution is 5.83. The zero-order valence-electron chi connectivity index (χ0n) is 13.5. The van der Waals surface area contributed by atoms with Crippen molar-refractivity contribution in [3.63, 3.8) is 0 Å². The summed E-state index contributed by atoms with van der Waals surface area (Å²) < 4.78 is 0. The van der Waals surface area contributed by atoms with Gasteiger partial charge in [-0.1, -0.05) is 30.3 Å². The minimum atomic E-state index is -0.276. The molecule has 5 heteroatoms. The van der Waals surface area contributed by atoms with Gasteiger partial charge in [-0.25, -0.2) is 0 Å². The molecule has 1 N–H and O–H groups in total. The number of rotatable bonds is 3. The third-order valence-corrected chi connectivity index (χ3v) is 4.73. The first-order valence-electron chi connectivity index (χ1n) is 8.60. The molecule has 2 amide bonds. The van der Waals surface area contributed by atoms with Crippen molar-refractivity contribution in [3.05, 3.63) is 35.9 Å². The summed E-state index contributed by atoms with van der Waals surface area (Å²) in [6.45, 7) is 3.66. The maximum atomic E-state index is 13.2. The van der Waals surface area contributed by atoms with E-state index in [0.717, 1.165) is 31.5 Å². The zero-order valence-corrected chi connectivity index (χ0v) is 13.5. The lowest BCUT2D eigenvalue weighted by Gasteiger charge is -2.35. The SMILES string of the molecule is O=C1CCN(C(C(=O)N2CCCCC2)c2ccccc2)CCN1. The van der Waals surface area contributed by atoms with Crippen LogP contribution in [0.25, 0.3) is 0 Å². The average Bonchev–Trinajstić information content (AvgIpc) is 2.82. The van der Waals surface area contributed by atoms with E-state index in [1.54, 1.807) is 0 Å². The van der Waals surface area contributed by atoms with Crippen LogP contribution in [0.15, 0.2) is 30.3 Å². The number of hydrogen-bond acceptors (Lipinski definition) is 3. The van der Waals surface area contributed by atoms with Crippen LogP contribution < -0.4 is 5.32 Å². The van der Waals surface area contributed by atoms with Gasteiger partial charge in [-0.2, -0.15) is 0 Å². The summed E-state index contributed by atoms with van der Waals surface area (Å²) in [5.74, 6) is 0.259. The second-order valence-electron chi connectivity index (χ2n) is 6.34. The molecule has 0 aromatic heterocycles. The molecule has 23 heavy (non-hydrogen) atoms. The van der Waals surface area contributed by atoms with Crippen molar-refractivity contribution >= 4 is 11.8 Å². The van der Waals surface area contributed by atoms with Crippen LogP contribution >= 0.6 is 0 Å². The predicted octanol–water partition coefficient (Wildman–Crippen LogP) is 1.56. The van der Waals surface area contributed by atoms with Crippen molar-refractivity contribution in [2.75, 3.05) is 32.7 Å². The highest BCUT2D eigenvalue weighted by atomic mass is 16.2. The number of piperidine rings is 1. The van der Waals surface area contributed by atoms with E-state index in [9.17, 15) is 9.59 Å². The molecule has 124 valence electrons. The zero-order chi connectivity index (χ0) is 16.1. The first-order chi connectivity index (χ1) is 11.3. The Kier molecular flexibility index (Phi) is 5.28. The summed E-state index contributed by atoms with van der Waals surface area (Å²) in [6, 6.07) is 9.70. The molecular formula is C18H25N3O2. The maximum absolute atomic E-state index is 13.2. The molecular weight excluding hydrogens is 290 g/mol. The molecule has 3 rings (SSSR count). The average molecular weight is 315 g/mol. The van der Waals surface area contributed by atoms with Crippen molar-refractivity contribution < 1.29 is 9.59 Å². The smallest absolute Gasteiger partial charge is 0.244 e. The summed E-state index contributed by atoms with van der Waals surface area (Å²) in [4.78, 5) is 29.0. The Morgan fingerprint density at radius 2 is 1.74 bits per heavy atom. The van der Waals surface area contributed by atoms with Crippen LogP contribution in [0.1, 0.15) is 37.3 Å². The number of nitrogens with one attached hydrogen (secondary N) is 1. The normalized spacial score (nSPS) is 21.4. The summed E-state index contributed by atoms with van der Waals surface area (Å²) in [6.07, 6.45) is 3.85. The van der Waals surface area contributed by atoms with E-state index in [1.807, 2.05) is 35.2 Å². The summed E-state index contributed by atoms with van der Waals surface area (Å²) in [5, 5.41) is 2.89. The number of likely N-dealkylation sites (tertiary alicyclic amines) is 1. The molecule has 2 aliphatic rings. The Morgan fingerprint density at radius 3 is 2.48 bits per heavy atom. The molecule has 1 aromatic carbocycles. The fraction of sp³-hybridized carbons (Fsp3) is 0.556. The van der Waals surface area contributed by atoms with Gasteiger partial charge in [-0.15, -0.1) is 0 Å². The van der Waals surface area contributed by atoms with Crippen LogP contribution in [-0.4, -0.2) is 54.3 Å². The Hall–Kier alpha value is -1.88. The molecule has 2 saturated heterocycles. The second kappa shape index (κ2) is 7.59. The molecule has 1 unspecified atom stereocenters. The van der Waals surface area contributed by atoms with Gasteiger partial charge in [0.05, 0.1) is 0 Å². The first-order valence-corrected chi connectivity index (χ1v) is 8.60. The van der Waals surface area contributed by atoms with Gasteiger partial charge < -0.3 is 10.2 Å². The molecule has 2 heterocycles. The molecule has 0 bridgehead atoms. The molecule has 0 saturated carbocycles. The standard InChI is InChI=1S/C18H25N3O2/c22-16-9-13-20(14-10-19-16)17(15-7-3-1-4-8-15)18(23)21-11-5-2-6-12-21/h1,3-4,7-8,17H,2,5-6,9-14H2,(H,19,22). The lowest BCUT2D eigenvalue weighted by atomic mass is 10.0. The fourth-order valence-corrected chi connectivity index (χ4v) is 3.47. The number of hydrogen-bond donors (Lipinski definition) is 1. The predicted molar refractivity (Wildman–Crippen MR) is 88.8 cm³/mol. The number of carbonyl (C=O) groups excluding carboxylic acids is 2. The van der Waals surface area contributed by atoms with Crippen molar-refractivity contribution in [2.24, 2.45) is 0 Å². The lowest BCUT2D eigenvalue weighted by molar-refractivity contribution is -0.138. The van der Waals surface area contributed by atoms with Gasteiger partial charge in [0.15, 0.2) is 0 Å². The monoisotopic (exact) mass is 315 g/mol. The largest absolute Gasteiger partial charge is 0.355 e. The van der Waals surface area contributed by atoms with E-state index in [-0.39, 0.29) is 17.9 Å². The van der Waals surface area contributed by atoms with Gasteiger partial charge in [-0.05, 0) is 24.8 Å². The molecule has 0 aliphatic carbocycles. The second-order valence-corrected chi connectivity index (χ2v) is 6.34. The van der Waals surface area contributed by atoms with Gasteiger partial charge in [0.1, 0.15) is 6.04 Å². The van der Waals surface area contributed by atoms with E-state index in [0.29, 0.717) is 26.1 Å². The van der Waals surface area contributed by atoms with Crippen LogP contribution in [0.3, 0.4) is 0 Å². The minimum Gasteiger partial charge on any atom is -0.355 e. The molecule has 0 radical (unpaired) electrons. The Balaban J connectivity index is 1.84. The molecule has 2 aliphatic heterocycles. The third-order valence-electron chi connectivity index (χ3n) is 4.73. The number of carbonyl (C=O) groups is 2. The van der Waals surface area contributed by atoms with Crippen LogP contribution in [0.4, 0.5) is 0 Å². The molecule has 5 nitrogen and oxygen atoms in total. The van der Waals surface area contributed by atoms with E-state index < -0.39 is 0 Å². The number of benzene rings is 1. The molecule has 1 atom stereocenters. The van der Waals surface area contributed by atoms with E-state index in [4.69, 9.17) is 0 Å². The quantitative estimate of drug-likeness (QED) is 0.921. The Morgan fingerprint density at radius 1 is 1.00 bits per heavy atom. The lowest BCUT2D eigenvalue weighted by Crippen LogP contribution is -2.46. The van der Waals surface area contributed by atoms with Gasteiger partial charge in [0.2, 0.25) is 11.8 Å². The highest BCUT2D eigenvalue weighted by Crippen LogP contribution is 2.25. The Bertz CT molecular complexity index is 540. The van der Waals surface area contributed by atoms with Gasteiger partial charge in [0.25, 0.3) is 0 Å². The van der Waals surface area contributed by atoms with Crippen molar-refractivity contribution in [1.29, 1.82) is 0 Å². The van der Waals surface area contributed by atoms with Crippen LogP contribution in [0, 0.1) is 0 Å². The fourth-order valence-electron chi connectivity index (χ4n) is 3.47. The molecule has 2 fully saturated rings. The summed E-state index contributed by atoms with van der Waals surface area (Å²) >= 11 is 0. The van der Waals surface area contributed by atoms with Crippen LogP contribution in [0.2, 0.25) is 0 Å². The molecule has 1 aromatic rings. The van der Waals surface area contributed by atoms with Crippen molar-refractivity contribution in [1.82, 2.24) is 15.1 Å². The van der Waals surface area contributed by atoms with Gasteiger partial charge >= 0.3 is 0 Å². The van der Waals surface area contributed by atoms with Gasteiger partial charge in [0, 0.05) is 39.1 Å². The highest BCUT2D eigenvalue weighted by Gasteiger charge is 2.32. The third kappa shape index (κ3) is 3.91. The Labute approximate surface area is 137 Å². The maximum Gasteiger partial charge on any atom is 0.244 e. The topological polar surface area (TPSA) is 52.7 Å².